The number of hydrogen-bond acceptors (Lipinski definition) is 2. The van der Waals surface area contributed by atoms with Gasteiger partial charge in [0, 0.05) is 32.1 Å². The highest BCUT2D eigenvalue weighted by atomic mass is 16.1. The summed E-state index contributed by atoms with van der Waals surface area (Å²) in [6.07, 6.45) is 9.97. The zero-order valence-electron chi connectivity index (χ0n) is 10.6. The maximum Gasteiger partial charge on any atom is 0.217 e. The lowest BCUT2D eigenvalue weighted by Gasteiger charge is -2.37. The number of hydrogen-bond donors (Lipinski definition) is 1. The van der Waals surface area contributed by atoms with Crippen molar-refractivity contribution in [2.45, 2.75) is 31.8 Å². The van der Waals surface area contributed by atoms with Gasteiger partial charge in [0.25, 0.3) is 0 Å². The molecule has 1 aliphatic carbocycles. The van der Waals surface area contributed by atoms with Gasteiger partial charge in [-0.15, -0.1) is 13.2 Å². The van der Waals surface area contributed by atoms with Crippen LogP contribution in [0.5, 0.6) is 0 Å². The number of rotatable bonds is 6. The first-order chi connectivity index (χ1) is 8.19. The molecule has 0 bridgehead atoms. The molecule has 2 atom stereocenters. The fourth-order valence-electron chi connectivity index (χ4n) is 2.30. The highest BCUT2D eigenvalue weighted by Gasteiger charge is 2.27. The standard InChI is InChI=1S/C14H22N2O/c1-4-10-16(11-5-2)14-9-7-6-8-13(14)15-12(3)17/h4-7,13-14H,1-2,8-11H2,3H3,(H,15,17)/t13-,14-/m1/s1. The summed E-state index contributed by atoms with van der Waals surface area (Å²) in [5.74, 6) is 0.0347. The van der Waals surface area contributed by atoms with E-state index in [0.29, 0.717) is 6.04 Å². The molecule has 94 valence electrons. The SMILES string of the molecule is C=CCN(CC=C)[C@@H]1CC=CC[C@H]1NC(C)=O. The first-order valence-electron chi connectivity index (χ1n) is 6.07. The van der Waals surface area contributed by atoms with E-state index >= 15 is 0 Å². The predicted molar refractivity (Wildman–Crippen MR) is 71.7 cm³/mol. The maximum atomic E-state index is 11.2. The molecule has 0 unspecified atom stereocenters. The van der Waals surface area contributed by atoms with Crippen LogP contribution in [-0.2, 0) is 4.79 Å². The Balaban J connectivity index is 2.73. The van der Waals surface area contributed by atoms with Crippen LogP contribution in [0.1, 0.15) is 19.8 Å². The Kier molecular flexibility index (Phi) is 5.70. The summed E-state index contributed by atoms with van der Waals surface area (Å²) in [5, 5.41) is 3.03. The van der Waals surface area contributed by atoms with E-state index in [2.05, 4.69) is 35.5 Å². The van der Waals surface area contributed by atoms with Crippen LogP contribution in [0.3, 0.4) is 0 Å². The Morgan fingerprint density at radius 2 is 1.94 bits per heavy atom. The van der Waals surface area contributed by atoms with Gasteiger partial charge >= 0.3 is 0 Å². The first-order valence-corrected chi connectivity index (χ1v) is 6.07. The molecular weight excluding hydrogens is 212 g/mol. The van der Waals surface area contributed by atoms with Gasteiger partial charge in [-0.1, -0.05) is 24.3 Å². The number of nitrogens with zero attached hydrogens (tertiary/aromatic N) is 1. The molecule has 1 N–H and O–H groups in total. The van der Waals surface area contributed by atoms with Gasteiger partial charge in [0.1, 0.15) is 0 Å². The van der Waals surface area contributed by atoms with Crippen LogP contribution in [0.4, 0.5) is 0 Å². The summed E-state index contributed by atoms with van der Waals surface area (Å²) in [5.41, 5.74) is 0. The molecule has 0 spiro atoms. The number of carbonyl (C=O) groups is 1. The highest BCUT2D eigenvalue weighted by Crippen LogP contribution is 2.18. The van der Waals surface area contributed by atoms with Crippen LogP contribution in [0, 0.1) is 0 Å². The molecule has 0 aromatic heterocycles. The summed E-state index contributed by atoms with van der Waals surface area (Å²) in [6.45, 7) is 10.8. The molecule has 17 heavy (non-hydrogen) atoms. The van der Waals surface area contributed by atoms with E-state index in [1.54, 1.807) is 6.92 Å². The van der Waals surface area contributed by atoms with Gasteiger partial charge in [-0.3, -0.25) is 9.69 Å². The van der Waals surface area contributed by atoms with Crippen molar-refractivity contribution in [2.24, 2.45) is 0 Å². The number of nitrogens with one attached hydrogen (secondary N) is 1. The Hall–Kier alpha value is -1.35. The van der Waals surface area contributed by atoms with Crippen LogP contribution >= 0.6 is 0 Å². The van der Waals surface area contributed by atoms with Crippen molar-refractivity contribution in [1.82, 2.24) is 10.2 Å². The second kappa shape index (κ2) is 7.07. The molecule has 0 saturated carbocycles. The Morgan fingerprint density at radius 1 is 1.35 bits per heavy atom. The Labute approximate surface area is 104 Å². The molecule has 3 heteroatoms. The molecule has 0 fully saturated rings. The van der Waals surface area contributed by atoms with Crippen molar-refractivity contribution in [2.75, 3.05) is 13.1 Å². The minimum atomic E-state index is 0.0347. The molecule has 1 amide bonds. The summed E-state index contributed by atoms with van der Waals surface area (Å²) in [6, 6.07) is 0.525. The average Bonchev–Trinajstić information content (AvgIpc) is 2.29. The third kappa shape index (κ3) is 4.19. The monoisotopic (exact) mass is 234 g/mol. The Morgan fingerprint density at radius 3 is 2.47 bits per heavy atom. The van der Waals surface area contributed by atoms with Gasteiger partial charge in [-0.05, 0) is 12.8 Å². The van der Waals surface area contributed by atoms with Gasteiger partial charge in [0.05, 0.1) is 0 Å². The molecule has 0 radical (unpaired) electrons. The van der Waals surface area contributed by atoms with E-state index in [0.717, 1.165) is 25.9 Å². The summed E-state index contributed by atoms with van der Waals surface area (Å²) in [4.78, 5) is 13.5. The van der Waals surface area contributed by atoms with Gasteiger partial charge in [0.2, 0.25) is 5.91 Å². The molecule has 0 heterocycles. The Bertz CT molecular complexity index is 299. The highest BCUT2D eigenvalue weighted by molar-refractivity contribution is 5.73. The minimum absolute atomic E-state index is 0.0347. The van der Waals surface area contributed by atoms with Gasteiger partial charge in [-0.25, -0.2) is 0 Å². The van der Waals surface area contributed by atoms with Gasteiger partial charge in [0.15, 0.2) is 0 Å². The molecule has 3 nitrogen and oxygen atoms in total. The number of carbonyl (C=O) groups excluding carboxylic acids is 1. The summed E-state index contributed by atoms with van der Waals surface area (Å²) in [7, 11) is 0. The van der Waals surface area contributed by atoms with Crippen molar-refractivity contribution in [3.63, 3.8) is 0 Å². The molecule has 0 saturated heterocycles. The van der Waals surface area contributed by atoms with Gasteiger partial charge < -0.3 is 5.32 Å². The van der Waals surface area contributed by atoms with E-state index < -0.39 is 0 Å². The molecule has 0 aromatic rings. The zero-order chi connectivity index (χ0) is 12.7. The third-order valence-electron chi connectivity index (χ3n) is 2.98. The molecule has 1 rings (SSSR count). The smallest absolute Gasteiger partial charge is 0.217 e. The second-order valence-electron chi connectivity index (χ2n) is 4.35. The minimum Gasteiger partial charge on any atom is -0.352 e. The van der Waals surface area contributed by atoms with Crippen molar-refractivity contribution < 1.29 is 4.79 Å². The molecule has 1 aliphatic rings. The normalized spacial score (nSPS) is 23.4. The molecule has 0 aliphatic heterocycles. The largest absolute Gasteiger partial charge is 0.352 e. The van der Waals surface area contributed by atoms with E-state index in [1.165, 1.54) is 0 Å². The van der Waals surface area contributed by atoms with Crippen LogP contribution < -0.4 is 5.32 Å². The molecular formula is C14H22N2O. The first kappa shape index (κ1) is 13.7. The number of amides is 1. The summed E-state index contributed by atoms with van der Waals surface area (Å²) < 4.78 is 0. The fraction of sp³-hybridized carbons (Fsp3) is 0.500. The lowest BCUT2D eigenvalue weighted by molar-refractivity contribution is -0.120. The van der Waals surface area contributed by atoms with Crippen LogP contribution in [-0.4, -0.2) is 36.0 Å². The van der Waals surface area contributed by atoms with E-state index in [4.69, 9.17) is 0 Å². The fourth-order valence-corrected chi connectivity index (χ4v) is 2.30. The average molecular weight is 234 g/mol. The summed E-state index contributed by atoms with van der Waals surface area (Å²) >= 11 is 0. The third-order valence-corrected chi connectivity index (χ3v) is 2.98. The van der Waals surface area contributed by atoms with Crippen LogP contribution in [0.15, 0.2) is 37.5 Å². The van der Waals surface area contributed by atoms with E-state index in [9.17, 15) is 4.79 Å². The van der Waals surface area contributed by atoms with Crippen molar-refractivity contribution in [1.29, 1.82) is 0 Å². The predicted octanol–water partition coefficient (Wildman–Crippen LogP) is 1.88. The van der Waals surface area contributed by atoms with Gasteiger partial charge in [-0.2, -0.15) is 0 Å². The van der Waals surface area contributed by atoms with Crippen molar-refractivity contribution in [3.05, 3.63) is 37.5 Å². The second-order valence-corrected chi connectivity index (χ2v) is 4.35. The topological polar surface area (TPSA) is 32.3 Å². The van der Waals surface area contributed by atoms with E-state index in [-0.39, 0.29) is 11.9 Å². The lowest BCUT2D eigenvalue weighted by Crippen LogP contribution is -2.52. The molecule has 0 aromatic carbocycles. The quantitative estimate of drug-likeness (QED) is 0.712. The maximum absolute atomic E-state index is 11.2. The van der Waals surface area contributed by atoms with Crippen molar-refractivity contribution in [3.8, 4) is 0 Å². The lowest BCUT2D eigenvalue weighted by atomic mass is 9.94. The van der Waals surface area contributed by atoms with Crippen LogP contribution in [0.2, 0.25) is 0 Å². The van der Waals surface area contributed by atoms with E-state index in [1.807, 2.05) is 12.2 Å². The van der Waals surface area contributed by atoms with Crippen molar-refractivity contribution >= 4 is 5.91 Å². The van der Waals surface area contributed by atoms with Crippen LogP contribution in [0.25, 0.3) is 0 Å². The zero-order valence-corrected chi connectivity index (χ0v) is 10.6.